The predicted octanol–water partition coefficient (Wildman–Crippen LogP) is 3.95. The van der Waals surface area contributed by atoms with Crippen molar-refractivity contribution in [1.29, 1.82) is 0 Å². The maximum Gasteiger partial charge on any atom is 0.165 e. The van der Waals surface area contributed by atoms with Crippen LogP contribution in [0.1, 0.15) is 22.3 Å². The Hall–Kier alpha value is -2.94. The van der Waals surface area contributed by atoms with Gasteiger partial charge in [-0.25, -0.2) is 0 Å². The van der Waals surface area contributed by atoms with Gasteiger partial charge in [-0.15, -0.1) is 0 Å². The van der Waals surface area contributed by atoms with Gasteiger partial charge in [0, 0.05) is 18.2 Å². The predicted molar refractivity (Wildman–Crippen MR) is 95.9 cm³/mol. The number of allylic oxidation sites excluding steroid dienone is 2. The lowest BCUT2D eigenvalue weighted by Crippen LogP contribution is -2.33. The summed E-state index contributed by atoms with van der Waals surface area (Å²) in [6.07, 6.45) is 8.37. The Labute approximate surface area is 141 Å². The first-order valence-electron chi connectivity index (χ1n) is 8.12. The van der Waals surface area contributed by atoms with Gasteiger partial charge in [0.15, 0.2) is 5.78 Å². The number of aliphatic imine (C=N–C) groups is 1. The highest BCUT2D eigenvalue weighted by Gasteiger charge is 2.41. The van der Waals surface area contributed by atoms with Gasteiger partial charge < -0.3 is 4.90 Å². The maximum absolute atomic E-state index is 12.9. The molecule has 1 atom stereocenters. The summed E-state index contributed by atoms with van der Waals surface area (Å²) in [7, 11) is 0. The molecule has 0 aliphatic carbocycles. The first-order chi connectivity index (χ1) is 11.8. The molecule has 1 unspecified atom stereocenters. The highest BCUT2D eigenvalue weighted by molar-refractivity contribution is 6.00. The zero-order chi connectivity index (χ0) is 16.4. The van der Waals surface area contributed by atoms with E-state index in [0.29, 0.717) is 13.0 Å². The molecule has 0 N–H and O–H groups in total. The summed E-state index contributed by atoms with van der Waals surface area (Å²) in [5.41, 5.74) is 1.28. The molecule has 0 fully saturated rings. The van der Waals surface area contributed by atoms with Gasteiger partial charge in [0.1, 0.15) is 11.4 Å². The van der Waals surface area contributed by atoms with Gasteiger partial charge in [-0.1, -0.05) is 66.7 Å². The minimum absolute atomic E-state index is 0.122. The van der Waals surface area contributed by atoms with E-state index in [-0.39, 0.29) is 5.78 Å². The maximum atomic E-state index is 12.9. The number of benzene rings is 2. The van der Waals surface area contributed by atoms with Crippen molar-refractivity contribution in [2.75, 3.05) is 6.54 Å². The summed E-state index contributed by atoms with van der Waals surface area (Å²) in [6, 6.07) is 19.6. The average Bonchev–Trinajstić information content (AvgIpc) is 3.02. The van der Waals surface area contributed by atoms with Gasteiger partial charge in [-0.2, -0.15) is 0 Å². The fraction of sp³-hybridized carbons (Fsp3) is 0.143. The van der Waals surface area contributed by atoms with Crippen LogP contribution in [0.3, 0.4) is 0 Å². The number of hydrogen-bond acceptors (Lipinski definition) is 3. The Kier molecular flexibility index (Phi) is 3.62. The zero-order valence-corrected chi connectivity index (χ0v) is 13.3. The zero-order valence-electron chi connectivity index (χ0n) is 13.3. The van der Waals surface area contributed by atoms with Gasteiger partial charge >= 0.3 is 0 Å². The van der Waals surface area contributed by atoms with E-state index in [2.05, 4.69) is 17.0 Å². The van der Waals surface area contributed by atoms with Gasteiger partial charge in [0.05, 0.1) is 6.54 Å². The summed E-state index contributed by atoms with van der Waals surface area (Å²) in [5, 5.41) is 0. The highest BCUT2D eigenvalue weighted by Crippen LogP contribution is 2.37. The molecule has 0 saturated heterocycles. The number of carbonyl (C=O) groups is 1. The molecule has 24 heavy (non-hydrogen) atoms. The smallest absolute Gasteiger partial charge is 0.165 e. The van der Waals surface area contributed by atoms with Crippen LogP contribution in [0.2, 0.25) is 0 Å². The van der Waals surface area contributed by atoms with Crippen LogP contribution in [0, 0.1) is 0 Å². The fourth-order valence-corrected chi connectivity index (χ4v) is 3.33. The van der Waals surface area contributed by atoms with Crippen molar-refractivity contribution >= 4 is 11.6 Å². The van der Waals surface area contributed by atoms with Crippen molar-refractivity contribution in [1.82, 2.24) is 4.90 Å². The van der Waals surface area contributed by atoms with E-state index in [0.717, 1.165) is 17.0 Å². The van der Waals surface area contributed by atoms with Crippen LogP contribution >= 0.6 is 0 Å². The lowest BCUT2D eigenvalue weighted by atomic mass is 9.84. The van der Waals surface area contributed by atoms with Crippen LogP contribution in [0.25, 0.3) is 0 Å². The first kappa shape index (κ1) is 14.6. The second-order valence-electron chi connectivity index (χ2n) is 6.16. The fourth-order valence-electron chi connectivity index (χ4n) is 3.33. The summed E-state index contributed by atoms with van der Waals surface area (Å²) in [6.45, 7) is 0.686. The van der Waals surface area contributed by atoms with Crippen molar-refractivity contribution in [3.05, 3.63) is 96.2 Å². The molecule has 0 radical (unpaired) electrons. The molecule has 0 bridgehead atoms. The van der Waals surface area contributed by atoms with Crippen LogP contribution in [0.15, 0.2) is 90.1 Å². The number of ketones is 1. The van der Waals surface area contributed by atoms with E-state index < -0.39 is 5.54 Å². The molecule has 0 aromatic heterocycles. The number of rotatable bonds is 4. The van der Waals surface area contributed by atoms with Crippen LogP contribution in [-0.4, -0.2) is 23.1 Å². The normalized spacial score (nSPS) is 21.5. The van der Waals surface area contributed by atoms with E-state index in [4.69, 9.17) is 4.99 Å². The van der Waals surface area contributed by atoms with Crippen molar-refractivity contribution in [3.8, 4) is 0 Å². The van der Waals surface area contributed by atoms with Crippen LogP contribution in [-0.2, 0) is 5.54 Å². The molecule has 3 nitrogen and oxygen atoms in total. The van der Waals surface area contributed by atoms with Crippen molar-refractivity contribution in [2.45, 2.75) is 12.0 Å². The summed E-state index contributed by atoms with van der Waals surface area (Å²) < 4.78 is 0. The number of fused-ring (bicyclic) bond motifs is 1. The first-order valence-corrected chi connectivity index (χ1v) is 8.12. The molecular formula is C21H18N2O. The molecule has 118 valence electrons. The molecule has 0 saturated carbocycles. The Morgan fingerprint density at radius 2 is 1.71 bits per heavy atom. The largest absolute Gasteiger partial charge is 0.331 e. The van der Waals surface area contributed by atoms with Gasteiger partial charge in [-0.3, -0.25) is 9.79 Å². The molecule has 2 aliphatic rings. The van der Waals surface area contributed by atoms with E-state index >= 15 is 0 Å². The number of Topliss-reactive ketones (excluding diaryl/α,β-unsaturated/α-hetero) is 1. The van der Waals surface area contributed by atoms with Crippen LogP contribution in [0.4, 0.5) is 0 Å². The second-order valence-corrected chi connectivity index (χ2v) is 6.16. The molecular weight excluding hydrogens is 296 g/mol. The molecule has 2 aromatic carbocycles. The van der Waals surface area contributed by atoms with E-state index in [9.17, 15) is 4.79 Å². The Morgan fingerprint density at radius 1 is 1.00 bits per heavy atom. The van der Waals surface area contributed by atoms with E-state index in [1.165, 1.54) is 0 Å². The minimum atomic E-state index is -0.539. The third-order valence-electron chi connectivity index (χ3n) is 4.54. The molecule has 3 heteroatoms. The molecule has 0 amide bonds. The number of hydrogen-bond donors (Lipinski definition) is 0. The molecule has 2 aromatic rings. The second kappa shape index (κ2) is 5.93. The quantitative estimate of drug-likeness (QED) is 0.800. The third-order valence-corrected chi connectivity index (χ3v) is 4.54. The summed E-state index contributed by atoms with van der Waals surface area (Å²) >= 11 is 0. The van der Waals surface area contributed by atoms with E-state index in [1.54, 1.807) is 0 Å². The molecule has 2 aliphatic heterocycles. The van der Waals surface area contributed by atoms with Crippen LogP contribution in [0.5, 0.6) is 0 Å². The SMILES string of the molecule is O=C(CC1(c2ccccc2)CN2C=CC=CC2=N1)c1ccccc1. The monoisotopic (exact) mass is 314 g/mol. The summed E-state index contributed by atoms with van der Waals surface area (Å²) in [5.74, 6) is 1.04. The Bertz CT molecular complexity index is 837. The molecule has 4 rings (SSSR count). The van der Waals surface area contributed by atoms with E-state index in [1.807, 2.05) is 73.0 Å². The standard InChI is InChI=1S/C21H18N2O/c24-19(17-9-3-1-4-10-17)15-21(18-11-5-2-6-12-18)16-23-14-8-7-13-20(23)22-21/h1-14H,15-16H2. The van der Waals surface area contributed by atoms with Gasteiger partial charge in [-0.05, 0) is 17.7 Å². The molecule has 0 spiro atoms. The lowest BCUT2D eigenvalue weighted by molar-refractivity contribution is 0.0950. The average molecular weight is 314 g/mol. The number of carbonyl (C=O) groups excluding carboxylic acids is 1. The number of amidine groups is 1. The lowest BCUT2D eigenvalue weighted by Gasteiger charge is -2.27. The molecule has 2 heterocycles. The number of nitrogens with zero attached hydrogens (tertiary/aromatic N) is 2. The van der Waals surface area contributed by atoms with Gasteiger partial charge in [0.25, 0.3) is 0 Å². The Morgan fingerprint density at radius 3 is 2.42 bits per heavy atom. The van der Waals surface area contributed by atoms with Crippen molar-refractivity contribution < 1.29 is 4.79 Å². The van der Waals surface area contributed by atoms with Crippen molar-refractivity contribution in [3.63, 3.8) is 0 Å². The third kappa shape index (κ3) is 2.58. The Balaban J connectivity index is 1.73. The van der Waals surface area contributed by atoms with Gasteiger partial charge in [0.2, 0.25) is 0 Å². The summed E-state index contributed by atoms with van der Waals surface area (Å²) in [4.78, 5) is 19.9. The van der Waals surface area contributed by atoms with Crippen molar-refractivity contribution in [2.24, 2.45) is 4.99 Å². The topological polar surface area (TPSA) is 32.7 Å². The van der Waals surface area contributed by atoms with Crippen LogP contribution < -0.4 is 0 Å². The minimum Gasteiger partial charge on any atom is -0.331 e. The highest BCUT2D eigenvalue weighted by atomic mass is 16.1.